The molecule has 6 heteroatoms. The number of rotatable bonds is 9. The van der Waals surface area contributed by atoms with Crippen molar-refractivity contribution in [3.8, 4) is 17.2 Å². The van der Waals surface area contributed by atoms with Crippen molar-refractivity contribution < 1.29 is 18.6 Å². The van der Waals surface area contributed by atoms with Crippen LogP contribution in [0.15, 0.2) is 65.6 Å². The molecule has 3 aromatic carbocycles. The molecule has 0 bridgehead atoms. The van der Waals surface area contributed by atoms with Crippen molar-refractivity contribution >= 4 is 28.6 Å². The van der Waals surface area contributed by atoms with Crippen molar-refractivity contribution in [2.45, 2.75) is 63.9 Å². The van der Waals surface area contributed by atoms with E-state index in [1.807, 2.05) is 30.8 Å². The molecule has 2 heterocycles. The fourth-order valence-corrected chi connectivity index (χ4v) is 5.89. The van der Waals surface area contributed by atoms with Gasteiger partial charge in [-0.05, 0) is 83.5 Å². The van der Waals surface area contributed by atoms with Crippen LogP contribution in [0.5, 0.6) is 17.2 Å². The number of anilines is 1. The second-order valence-corrected chi connectivity index (χ2v) is 10.8. The van der Waals surface area contributed by atoms with Crippen LogP contribution < -0.4 is 19.9 Å². The lowest BCUT2D eigenvalue weighted by molar-refractivity contribution is 0.171. The van der Waals surface area contributed by atoms with Gasteiger partial charge in [0.1, 0.15) is 19.0 Å². The van der Waals surface area contributed by atoms with E-state index >= 15 is 0 Å². The van der Waals surface area contributed by atoms with Crippen LogP contribution in [-0.2, 0) is 0 Å². The Bertz CT molecular complexity index is 1260. The van der Waals surface area contributed by atoms with E-state index in [9.17, 15) is 4.39 Å². The van der Waals surface area contributed by atoms with Crippen molar-refractivity contribution in [3.05, 3.63) is 77.4 Å². The number of unbranched alkanes of at least 4 members (excludes halogenated alkanes) is 1. The maximum absolute atomic E-state index is 11.0. The Labute approximate surface area is 236 Å². The molecule has 2 N–H and O–H groups in total. The molecule has 1 atom stereocenters. The monoisotopic (exact) mass is 549 g/mol. The Morgan fingerprint density at radius 3 is 2.31 bits per heavy atom. The standard InChI is InChI=1S/C29H31NO3S.C4H9F/c1-3-5-22(4-2)33-23-10-6-19(7-11-23)29-24-12-9-21(30)17-28(24)34-18-25(29)20-8-13-26-27(16-20)32-15-14-31-26;1-2-3-4-5/h6-13,16-17,22H,3-5,14-15,18,30H2,1-2H3;2-4H2,1H3. The molecule has 5 rings (SSSR count). The maximum atomic E-state index is 11.0. The molecule has 39 heavy (non-hydrogen) atoms. The van der Waals surface area contributed by atoms with Crippen molar-refractivity contribution in [2.75, 3.05) is 31.4 Å². The Morgan fingerprint density at radius 1 is 0.897 bits per heavy atom. The lowest BCUT2D eigenvalue weighted by Gasteiger charge is -2.26. The van der Waals surface area contributed by atoms with Gasteiger partial charge >= 0.3 is 0 Å². The van der Waals surface area contributed by atoms with E-state index in [4.69, 9.17) is 19.9 Å². The number of benzene rings is 3. The summed E-state index contributed by atoms with van der Waals surface area (Å²) in [5, 5.41) is 0. The average molecular weight is 550 g/mol. The number of hydrogen-bond acceptors (Lipinski definition) is 5. The molecule has 0 spiro atoms. The van der Waals surface area contributed by atoms with Crippen LogP contribution in [0.1, 0.15) is 69.6 Å². The van der Waals surface area contributed by atoms with Crippen LogP contribution >= 0.6 is 11.8 Å². The Balaban J connectivity index is 0.000000648. The first-order valence-corrected chi connectivity index (χ1v) is 15.0. The van der Waals surface area contributed by atoms with Crippen LogP contribution in [0.2, 0.25) is 0 Å². The van der Waals surface area contributed by atoms with Gasteiger partial charge in [-0.2, -0.15) is 0 Å². The topological polar surface area (TPSA) is 53.7 Å². The van der Waals surface area contributed by atoms with Crippen LogP contribution in [0.25, 0.3) is 11.1 Å². The van der Waals surface area contributed by atoms with Crippen LogP contribution in [0.3, 0.4) is 0 Å². The van der Waals surface area contributed by atoms with E-state index in [1.165, 1.54) is 27.2 Å². The molecular weight excluding hydrogens is 509 g/mol. The van der Waals surface area contributed by atoms with E-state index in [2.05, 4.69) is 62.4 Å². The summed E-state index contributed by atoms with van der Waals surface area (Å²) in [5.74, 6) is 3.41. The highest BCUT2D eigenvalue weighted by Gasteiger charge is 2.24. The van der Waals surface area contributed by atoms with Gasteiger partial charge in [-0.15, -0.1) is 11.8 Å². The lowest BCUT2D eigenvalue weighted by atomic mass is 9.89. The Morgan fingerprint density at radius 2 is 1.64 bits per heavy atom. The molecule has 0 radical (unpaired) electrons. The number of ether oxygens (including phenoxy) is 3. The first-order chi connectivity index (χ1) is 19.1. The van der Waals surface area contributed by atoms with Gasteiger partial charge in [-0.1, -0.05) is 57.9 Å². The molecule has 0 amide bonds. The summed E-state index contributed by atoms with van der Waals surface area (Å²) in [4.78, 5) is 1.21. The highest BCUT2D eigenvalue weighted by atomic mass is 32.2. The number of nitrogens with two attached hydrogens (primary N) is 1. The predicted molar refractivity (Wildman–Crippen MR) is 162 cm³/mol. The van der Waals surface area contributed by atoms with Crippen molar-refractivity contribution in [3.63, 3.8) is 0 Å². The van der Waals surface area contributed by atoms with Crippen LogP contribution in [-0.4, -0.2) is 31.7 Å². The van der Waals surface area contributed by atoms with Crippen molar-refractivity contribution in [1.29, 1.82) is 0 Å². The zero-order chi connectivity index (χ0) is 27.6. The van der Waals surface area contributed by atoms with Gasteiger partial charge in [0.05, 0.1) is 12.8 Å². The SMILES string of the molecule is CCCC(CC)Oc1ccc(C2=C(c3ccc4c(c3)OCCO4)CSc3cc(N)ccc32)cc1.CCCCF. The fraction of sp³-hybridized carbons (Fsp3) is 0.394. The summed E-state index contributed by atoms with van der Waals surface area (Å²) in [6.07, 6.45) is 5.17. The summed E-state index contributed by atoms with van der Waals surface area (Å²) in [7, 11) is 0. The predicted octanol–water partition coefficient (Wildman–Crippen LogP) is 8.82. The third kappa shape index (κ3) is 7.30. The van der Waals surface area contributed by atoms with Crippen molar-refractivity contribution in [2.24, 2.45) is 0 Å². The van der Waals surface area contributed by atoms with Gasteiger partial charge in [-0.3, -0.25) is 4.39 Å². The molecule has 0 aromatic heterocycles. The largest absolute Gasteiger partial charge is 0.490 e. The van der Waals surface area contributed by atoms with Gasteiger partial charge in [-0.25, -0.2) is 0 Å². The van der Waals surface area contributed by atoms with E-state index in [-0.39, 0.29) is 12.8 Å². The second-order valence-electron chi connectivity index (χ2n) is 9.76. The second kappa shape index (κ2) is 14.3. The van der Waals surface area contributed by atoms with Gasteiger partial charge in [0.15, 0.2) is 11.5 Å². The molecule has 0 fully saturated rings. The number of hydrogen-bond donors (Lipinski definition) is 1. The highest BCUT2D eigenvalue weighted by Crippen LogP contribution is 2.46. The molecule has 3 aromatic rings. The third-order valence-electron chi connectivity index (χ3n) is 6.84. The minimum Gasteiger partial charge on any atom is -0.490 e. The lowest BCUT2D eigenvalue weighted by Crippen LogP contribution is -2.15. The number of fused-ring (bicyclic) bond motifs is 2. The number of alkyl halides is 1. The number of halogens is 1. The van der Waals surface area contributed by atoms with E-state index < -0.39 is 0 Å². The first kappa shape index (κ1) is 28.9. The quantitative estimate of drug-likeness (QED) is 0.270. The summed E-state index contributed by atoms with van der Waals surface area (Å²) >= 11 is 1.83. The summed E-state index contributed by atoms with van der Waals surface area (Å²) in [6.45, 7) is 7.37. The molecule has 1 unspecified atom stereocenters. The van der Waals surface area contributed by atoms with E-state index in [1.54, 1.807) is 0 Å². The molecule has 0 saturated heterocycles. The maximum Gasteiger partial charge on any atom is 0.161 e. The summed E-state index contributed by atoms with van der Waals surface area (Å²) in [6, 6.07) is 21.0. The van der Waals surface area contributed by atoms with Crippen molar-refractivity contribution in [1.82, 2.24) is 0 Å². The molecule has 208 valence electrons. The highest BCUT2D eigenvalue weighted by molar-refractivity contribution is 7.99. The molecule has 4 nitrogen and oxygen atoms in total. The Hall–Kier alpha value is -3.12. The number of thioether (sulfide) groups is 1. The third-order valence-corrected chi connectivity index (χ3v) is 7.92. The van der Waals surface area contributed by atoms with Crippen LogP contribution in [0.4, 0.5) is 10.1 Å². The summed E-state index contributed by atoms with van der Waals surface area (Å²) < 4.78 is 28.9. The fourth-order valence-electron chi connectivity index (χ4n) is 4.73. The van der Waals surface area contributed by atoms with E-state index in [0.29, 0.717) is 13.2 Å². The molecule has 0 saturated carbocycles. The van der Waals surface area contributed by atoms with Gasteiger partial charge in [0, 0.05) is 16.3 Å². The van der Waals surface area contributed by atoms with Gasteiger partial charge in [0.25, 0.3) is 0 Å². The van der Waals surface area contributed by atoms with Crippen LogP contribution in [0, 0.1) is 0 Å². The molecule has 2 aliphatic heterocycles. The minimum absolute atomic E-state index is 0.156. The number of nitrogen functional groups attached to an aromatic ring is 1. The molecule has 2 aliphatic rings. The van der Waals surface area contributed by atoms with Gasteiger partial charge < -0.3 is 19.9 Å². The first-order valence-electron chi connectivity index (χ1n) is 14.1. The zero-order valence-electron chi connectivity index (χ0n) is 23.3. The minimum atomic E-state index is -0.156. The van der Waals surface area contributed by atoms with Gasteiger partial charge in [0.2, 0.25) is 0 Å². The molecular formula is C33H40FNO3S. The Kier molecular flexibility index (Phi) is 10.6. The average Bonchev–Trinajstić information content (AvgIpc) is 2.97. The summed E-state index contributed by atoms with van der Waals surface area (Å²) in [5.41, 5.74) is 13.0. The van der Waals surface area contributed by atoms with E-state index in [0.717, 1.165) is 66.4 Å². The zero-order valence-corrected chi connectivity index (χ0v) is 24.1. The smallest absolute Gasteiger partial charge is 0.161 e. The molecule has 0 aliphatic carbocycles. The normalized spacial score (nSPS) is 14.7.